The van der Waals surface area contributed by atoms with Gasteiger partial charge in [0.1, 0.15) is 5.75 Å². The summed E-state index contributed by atoms with van der Waals surface area (Å²) in [5, 5.41) is 0. The van der Waals surface area contributed by atoms with Crippen molar-refractivity contribution >= 4 is 15.9 Å². The third kappa shape index (κ3) is 2.09. The van der Waals surface area contributed by atoms with Gasteiger partial charge in [-0.25, -0.2) is 4.98 Å². The molecule has 0 radical (unpaired) electrons. The maximum absolute atomic E-state index is 5.54. The molecule has 0 bridgehead atoms. The maximum Gasteiger partial charge on any atom is 0.174 e. The van der Waals surface area contributed by atoms with Crippen molar-refractivity contribution in [2.24, 2.45) is 0 Å². The summed E-state index contributed by atoms with van der Waals surface area (Å²) in [7, 11) is 1.70. The number of halogens is 1. The molecule has 17 heavy (non-hydrogen) atoms. The van der Waals surface area contributed by atoms with E-state index in [0.29, 0.717) is 0 Å². The third-order valence-electron chi connectivity index (χ3n) is 3.00. The molecule has 0 spiro atoms. The fourth-order valence-corrected chi connectivity index (χ4v) is 2.38. The molecule has 2 aromatic rings. The van der Waals surface area contributed by atoms with Gasteiger partial charge in [-0.15, -0.1) is 0 Å². The van der Waals surface area contributed by atoms with Crippen molar-refractivity contribution in [2.45, 2.75) is 20.8 Å². The van der Waals surface area contributed by atoms with Gasteiger partial charge in [0.15, 0.2) is 4.73 Å². The number of H-pyrrole nitrogens is 1. The Morgan fingerprint density at radius 3 is 2.47 bits per heavy atom. The van der Waals surface area contributed by atoms with Crippen molar-refractivity contribution in [1.29, 1.82) is 0 Å². The second kappa shape index (κ2) is 4.53. The van der Waals surface area contributed by atoms with Crippen LogP contribution < -0.4 is 4.74 Å². The number of rotatable bonds is 2. The first-order valence-corrected chi connectivity index (χ1v) is 6.19. The number of nitrogens with one attached hydrogen (secondary N) is 1. The molecule has 0 saturated carbocycles. The molecule has 0 aliphatic carbocycles. The number of aromatic nitrogens is 2. The van der Waals surface area contributed by atoms with E-state index in [1.807, 2.05) is 6.20 Å². The Morgan fingerprint density at radius 1 is 1.24 bits per heavy atom. The highest BCUT2D eigenvalue weighted by Crippen LogP contribution is 2.36. The van der Waals surface area contributed by atoms with Crippen LogP contribution in [0.25, 0.3) is 11.3 Å². The number of benzene rings is 1. The van der Waals surface area contributed by atoms with Crippen molar-refractivity contribution in [3.63, 3.8) is 0 Å². The Kier molecular flexibility index (Phi) is 3.24. The monoisotopic (exact) mass is 294 g/mol. The van der Waals surface area contributed by atoms with Gasteiger partial charge in [-0.2, -0.15) is 0 Å². The normalized spacial score (nSPS) is 10.6. The summed E-state index contributed by atoms with van der Waals surface area (Å²) in [6, 6.07) is 2.17. The Balaban J connectivity index is 2.72. The molecule has 1 heterocycles. The van der Waals surface area contributed by atoms with Crippen LogP contribution in [0.15, 0.2) is 17.0 Å². The summed E-state index contributed by atoms with van der Waals surface area (Å²) < 4.78 is 6.27. The number of hydrogen-bond donors (Lipinski definition) is 1. The van der Waals surface area contributed by atoms with Crippen LogP contribution in [-0.4, -0.2) is 17.1 Å². The molecular weight excluding hydrogens is 280 g/mol. The van der Waals surface area contributed by atoms with Gasteiger partial charge >= 0.3 is 0 Å². The van der Waals surface area contributed by atoms with Crippen LogP contribution in [0, 0.1) is 20.8 Å². The molecule has 0 unspecified atom stereocenters. The summed E-state index contributed by atoms with van der Waals surface area (Å²) in [6.07, 6.45) is 1.81. The highest BCUT2D eigenvalue weighted by molar-refractivity contribution is 9.10. The number of aromatic amines is 1. The fourth-order valence-electron chi connectivity index (χ4n) is 2.06. The van der Waals surface area contributed by atoms with Crippen LogP contribution >= 0.6 is 15.9 Å². The van der Waals surface area contributed by atoms with Crippen LogP contribution in [-0.2, 0) is 0 Å². The van der Waals surface area contributed by atoms with Crippen LogP contribution in [0.3, 0.4) is 0 Å². The minimum Gasteiger partial charge on any atom is -0.496 e. The number of nitrogens with zero attached hydrogens (tertiary/aromatic N) is 1. The molecule has 1 N–H and O–H groups in total. The standard InChI is InChI=1S/C13H15BrN2O/c1-7-5-8(2)11(12(17-4)9(7)3)10-6-15-13(14)16-10/h5-6H,1-4H3,(H,15,16). The molecule has 90 valence electrons. The van der Waals surface area contributed by atoms with Gasteiger partial charge in [-0.1, -0.05) is 6.07 Å². The Bertz CT molecular complexity index is 561. The summed E-state index contributed by atoms with van der Waals surface area (Å²) >= 11 is 3.33. The van der Waals surface area contributed by atoms with E-state index >= 15 is 0 Å². The second-order valence-corrected chi connectivity index (χ2v) is 4.88. The molecule has 0 saturated heterocycles. The highest BCUT2D eigenvalue weighted by atomic mass is 79.9. The minimum atomic E-state index is 0.729. The Labute approximate surface area is 109 Å². The molecule has 1 aromatic carbocycles. The van der Waals surface area contributed by atoms with Crippen LogP contribution in [0.1, 0.15) is 16.7 Å². The molecule has 0 fully saturated rings. The SMILES string of the molecule is COc1c(C)c(C)cc(C)c1-c1cnc(Br)[nH]1. The van der Waals surface area contributed by atoms with E-state index < -0.39 is 0 Å². The zero-order valence-electron chi connectivity index (χ0n) is 10.4. The van der Waals surface area contributed by atoms with E-state index in [9.17, 15) is 0 Å². The number of methoxy groups -OCH3 is 1. The van der Waals surface area contributed by atoms with Gasteiger partial charge in [0.05, 0.1) is 19.0 Å². The van der Waals surface area contributed by atoms with E-state index in [0.717, 1.165) is 21.7 Å². The van der Waals surface area contributed by atoms with E-state index in [-0.39, 0.29) is 0 Å². The summed E-state index contributed by atoms with van der Waals surface area (Å²) in [5.41, 5.74) is 5.63. The predicted molar refractivity (Wildman–Crippen MR) is 72.5 cm³/mol. The quantitative estimate of drug-likeness (QED) is 0.915. The molecular formula is C13H15BrN2O. The Morgan fingerprint density at radius 2 is 1.94 bits per heavy atom. The summed E-state index contributed by atoms with van der Waals surface area (Å²) in [6.45, 7) is 6.25. The number of imidazole rings is 1. The van der Waals surface area contributed by atoms with Crippen molar-refractivity contribution in [3.05, 3.63) is 33.7 Å². The lowest BCUT2D eigenvalue weighted by Gasteiger charge is -2.15. The Hall–Kier alpha value is -1.29. The average molecular weight is 295 g/mol. The highest BCUT2D eigenvalue weighted by Gasteiger charge is 2.15. The van der Waals surface area contributed by atoms with E-state index in [1.54, 1.807) is 7.11 Å². The van der Waals surface area contributed by atoms with Crippen LogP contribution in [0.5, 0.6) is 5.75 Å². The van der Waals surface area contributed by atoms with Gasteiger partial charge in [-0.05, 0) is 53.4 Å². The zero-order valence-corrected chi connectivity index (χ0v) is 12.0. The summed E-state index contributed by atoms with van der Waals surface area (Å²) in [5.74, 6) is 0.915. The smallest absolute Gasteiger partial charge is 0.174 e. The van der Waals surface area contributed by atoms with Gasteiger partial charge in [0, 0.05) is 5.56 Å². The zero-order chi connectivity index (χ0) is 12.6. The van der Waals surface area contributed by atoms with Gasteiger partial charge in [0.2, 0.25) is 0 Å². The number of aryl methyl sites for hydroxylation is 2. The first-order valence-electron chi connectivity index (χ1n) is 5.40. The molecule has 0 aliphatic heterocycles. The van der Waals surface area contributed by atoms with Crippen LogP contribution in [0.4, 0.5) is 0 Å². The van der Waals surface area contributed by atoms with E-state index in [2.05, 4.69) is 52.7 Å². The fraction of sp³-hybridized carbons (Fsp3) is 0.308. The number of hydrogen-bond acceptors (Lipinski definition) is 2. The second-order valence-electron chi connectivity index (χ2n) is 4.13. The lowest BCUT2D eigenvalue weighted by molar-refractivity contribution is 0.412. The minimum absolute atomic E-state index is 0.729. The van der Waals surface area contributed by atoms with Gasteiger partial charge < -0.3 is 9.72 Å². The molecule has 1 aromatic heterocycles. The third-order valence-corrected chi connectivity index (χ3v) is 3.41. The van der Waals surface area contributed by atoms with Crippen LogP contribution in [0.2, 0.25) is 0 Å². The topological polar surface area (TPSA) is 37.9 Å². The molecule has 0 amide bonds. The van der Waals surface area contributed by atoms with Gasteiger partial charge in [0.25, 0.3) is 0 Å². The lowest BCUT2D eigenvalue weighted by Crippen LogP contribution is -1.97. The molecule has 2 rings (SSSR count). The average Bonchev–Trinajstić information content (AvgIpc) is 2.69. The molecule has 4 heteroatoms. The lowest BCUT2D eigenvalue weighted by atomic mass is 9.97. The number of ether oxygens (including phenoxy) is 1. The largest absolute Gasteiger partial charge is 0.496 e. The first-order chi connectivity index (χ1) is 8.04. The first kappa shape index (κ1) is 12.2. The van der Waals surface area contributed by atoms with E-state index in [1.165, 1.54) is 16.7 Å². The van der Waals surface area contributed by atoms with E-state index in [4.69, 9.17) is 4.74 Å². The molecule has 0 atom stereocenters. The van der Waals surface area contributed by atoms with Crippen molar-refractivity contribution in [1.82, 2.24) is 9.97 Å². The molecule has 3 nitrogen and oxygen atoms in total. The van der Waals surface area contributed by atoms with Crippen molar-refractivity contribution in [3.8, 4) is 17.0 Å². The predicted octanol–water partition coefficient (Wildman–Crippen LogP) is 3.77. The van der Waals surface area contributed by atoms with Crippen molar-refractivity contribution in [2.75, 3.05) is 7.11 Å². The van der Waals surface area contributed by atoms with Gasteiger partial charge in [-0.3, -0.25) is 0 Å². The maximum atomic E-state index is 5.54. The summed E-state index contributed by atoms with van der Waals surface area (Å²) in [4.78, 5) is 7.35. The van der Waals surface area contributed by atoms with Crippen molar-refractivity contribution < 1.29 is 4.74 Å². The molecule has 0 aliphatic rings.